The molecule has 1 atom stereocenters. The van der Waals surface area contributed by atoms with E-state index in [1.165, 1.54) is 19.4 Å². The van der Waals surface area contributed by atoms with Crippen LogP contribution in [-0.2, 0) is 6.54 Å². The average Bonchev–Trinajstić information content (AvgIpc) is 2.53. The fourth-order valence-corrected chi connectivity index (χ4v) is 3.06. The van der Waals surface area contributed by atoms with Crippen molar-refractivity contribution >= 4 is 0 Å². The summed E-state index contributed by atoms with van der Waals surface area (Å²) in [6, 6.07) is 7.97. The number of hydrogen-bond donors (Lipinski definition) is 2. The van der Waals surface area contributed by atoms with E-state index in [9.17, 15) is 0 Å². The Hall–Kier alpha value is -1.10. The van der Waals surface area contributed by atoms with Crippen LogP contribution in [0, 0.1) is 5.92 Å². The number of piperidine rings is 1. The van der Waals surface area contributed by atoms with Gasteiger partial charge in [-0.05, 0) is 44.2 Å². The molecule has 1 heterocycles. The minimum Gasteiger partial charge on any atom is -0.493 e. The molecule has 3 N–H and O–H groups in total. The molecular formula is C17H28N2O2. The SMILES string of the molecule is NCc1ccccc1OCCCN1CCCC(CCO)C1. The van der Waals surface area contributed by atoms with Crippen molar-refractivity contribution < 1.29 is 9.84 Å². The van der Waals surface area contributed by atoms with Gasteiger partial charge in [-0.3, -0.25) is 0 Å². The van der Waals surface area contributed by atoms with Gasteiger partial charge in [0.2, 0.25) is 0 Å². The molecule has 0 aliphatic carbocycles. The molecule has 0 amide bonds. The zero-order valence-corrected chi connectivity index (χ0v) is 12.8. The first-order valence-corrected chi connectivity index (χ1v) is 8.07. The normalized spacial score (nSPS) is 19.6. The van der Waals surface area contributed by atoms with E-state index >= 15 is 0 Å². The number of para-hydroxylation sites is 1. The van der Waals surface area contributed by atoms with E-state index in [4.69, 9.17) is 15.6 Å². The van der Waals surface area contributed by atoms with E-state index in [1.807, 2.05) is 24.3 Å². The first-order valence-electron chi connectivity index (χ1n) is 8.07. The van der Waals surface area contributed by atoms with Crippen LogP contribution in [0.25, 0.3) is 0 Å². The molecule has 1 aliphatic heterocycles. The molecule has 4 heteroatoms. The standard InChI is InChI=1S/C17H28N2O2/c18-13-16-6-1-2-7-17(16)21-12-4-10-19-9-3-5-15(14-19)8-11-20/h1-2,6-7,15,20H,3-5,8-14,18H2. The monoisotopic (exact) mass is 292 g/mol. The summed E-state index contributed by atoms with van der Waals surface area (Å²) in [5.41, 5.74) is 6.77. The van der Waals surface area contributed by atoms with Crippen LogP contribution >= 0.6 is 0 Å². The fraction of sp³-hybridized carbons (Fsp3) is 0.647. The van der Waals surface area contributed by atoms with Crippen molar-refractivity contribution in [3.63, 3.8) is 0 Å². The van der Waals surface area contributed by atoms with Crippen molar-refractivity contribution in [3.05, 3.63) is 29.8 Å². The van der Waals surface area contributed by atoms with Gasteiger partial charge in [0.15, 0.2) is 0 Å². The average molecular weight is 292 g/mol. The second-order valence-electron chi connectivity index (χ2n) is 5.84. The van der Waals surface area contributed by atoms with E-state index in [-0.39, 0.29) is 0 Å². The molecule has 1 aromatic carbocycles. The van der Waals surface area contributed by atoms with Gasteiger partial charge in [0.05, 0.1) is 6.61 Å². The number of likely N-dealkylation sites (tertiary alicyclic amines) is 1. The highest BCUT2D eigenvalue weighted by atomic mass is 16.5. The van der Waals surface area contributed by atoms with Gasteiger partial charge in [-0.2, -0.15) is 0 Å². The van der Waals surface area contributed by atoms with Crippen LogP contribution in [0.3, 0.4) is 0 Å². The van der Waals surface area contributed by atoms with E-state index in [1.54, 1.807) is 0 Å². The largest absolute Gasteiger partial charge is 0.493 e. The van der Waals surface area contributed by atoms with E-state index < -0.39 is 0 Å². The Morgan fingerprint density at radius 2 is 2.19 bits per heavy atom. The van der Waals surface area contributed by atoms with E-state index in [0.29, 0.717) is 19.1 Å². The van der Waals surface area contributed by atoms with Crippen molar-refractivity contribution in [3.8, 4) is 5.75 Å². The van der Waals surface area contributed by atoms with Crippen molar-refractivity contribution in [1.29, 1.82) is 0 Å². The van der Waals surface area contributed by atoms with Gasteiger partial charge in [0.1, 0.15) is 5.75 Å². The number of nitrogens with zero attached hydrogens (tertiary/aromatic N) is 1. The molecule has 1 aliphatic rings. The Morgan fingerprint density at radius 1 is 1.33 bits per heavy atom. The van der Waals surface area contributed by atoms with Crippen LogP contribution in [0.4, 0.5) is 0 Å². The third-order valence-electron chi connectivity index (χ3n) is 4.21. The Labute approximate surface area is 127 Å². The summed E-state index contributed by atoms with van der Waals surface area (Å²) in [5, 5.41) is 9.05. The van der Waals surface area contributed by atoms with Gasteiger partial charge in [0.25, 0.3) is 0 Å². The van der Waals surface area contributed by atoms with Crippen LogP contribution in [-0.4, -0.2) is 42.9 Å². The summed E-state index contributed by atoms with van der Waals surface area (Å²) in [6.45, 7) is 4.95. The van der Waals surface area contributed by atoms with Crippen LogP contribution in [0.1, 0.15) is 31.2 Å². The molecule has 0 saturated carbocycles. The van der Waals surface area contributed by atoms with E-state index in [2.05, 4.69) is 4.90 Å². The number of hydrogen-bond acceptors (Lipinski definition) is 4. The molecule has 1 aromatic rings. The van der Waals surface area contributed by atoms with Gasteiger partial charge in [0, 0.05) is 31.8 Å². The van der Waals surface area contributed by atoms with Crippen LogP contribution in [0.15, 0.2) is 24.3 Å². The van der Waals surface area contributed by atoms with Crippen LogP contribution in [0.2, 0.25) is 0 Å². The van der Waals surface area contributed by atoms with Crippen LogP contribution < -0.4 is 10.5 Å². The number of aliphatic hydroxyl groups excluding tert-OH is 1. The molecule has 0 aromatic heterocycles. The minimum atomic E-state index is 0.317. The Balaban J connectivity index is 1.67. The first kappa shape index (κ1) is 16.3. The molecular weight excluding hydrogens is 264 g/mol. The maximum Gasteiger partial charge on any atom is 0.123 e. The molecule has 1 unspecified atom stereocenters. The number of nitrogens with two attached hydrogens (primary N) is 1. The second-order valence-corrected chi connectivity index (χ2v) is 5.84. The lowest BCUT2D eigenvalue weighted by atomic mass is 9.95. The lowest BCUT2D eigenvalue weighted by molar-refractivity contribution is 0.140. The van der Waals surface area contributed by atoms with Crippen molar-refractivity contribution in [2.75, 3.05) is 32.8 Å². The predicted octanol–water partition coefficient (Wildman–Crippen LogP) is 2.01. The maximum absolute atomic E-state index is 9.05. The van der Waals surface area contributed by atoms with Crippen molar-refractivity contribution in [1.82, 2.24) is 4.90 Å². The lowest BCUT2D eigenvalue weighted by Gasteiger charge is -2.32. The number of benzene rings is 1. The molecule has 21 heavy (non-hydrogen) atoms. The molecule has 0 spiro atoms. The predicted molar refractivity (Wildman–Crippen MR) is 85.3 cm³/mol. The second kappa shape index (κ2) is 9.03. The smallest absolute Gasteiger partial charge is 0.123 e. The summed E-state index contributed by atoms with van der Waals surface area (Å²) >= 11 is 0. The molecule has 0 bridgehead atoms. The van der Waals surface area contributed by atoms with Gasteiger partial charge in [-0.15, -0.1) is 0 Å². The lowest BCUT2D eigenvalue weighted by Crippen LogP contribution is -2.36. The number of aliphatic hydroxyl groups is 1. The maximum atomic E-state index is 9.05. The Morgan fingerprint density at radius 3 is 3.00 bits per heavy atom. The molecule has 1 saturated heterocycles. The van der Waals surface area contributed by atoms with Crippen molar-refractivity contribution in [2.45, 2.75) is 32.2 Å². The Kier molecular flexibility index (Phi) is 7.00. The third kappa shape index (κ3) is 5.30. The molecule has 2 rings (SSSR count). The van der Waals surface area contributed by atoms with Crippen molar-refractivity contribution in [2.24, 2.45) is 11.7 Å². The van der Waals surface area contributed by atoms with Gasteiger partial charge in [-0.1, -0.05) is 18.2 Å². The first-order chi connectivity index (χ1) is 10.3. The third-order valence-corrected chi connectivity index (χ3v) is 4.21. The topological polar surface area (TPSA) is 58.7 Å². The summed E-state index contributed by atoms with van der Waals surface area (Å²) in [7, 11) is 0. The summed E-state index contributed by atoms with van der Waals surface area (Å²) in [4.78, 5) is 2.50. The molecule has 118 valence electrons. The summed E-state index contributed by atoms with van der Waals surface area (Å²) < 4.78 is 5.85. The molecule has 0 radical (unpaired) electrons. The zero-order valence-electron chi connectivity index (χ0n) is 12.8. The number of ether oxygens (including phenoxy) is 1. The number of rotatable bonds is 8. The van der Waals surface area contributed by atoms with Gasteiger partial charge < -0.3 is 20.5 Å². The minimum absolute atomic E-state index is 0.317. The molecule has 1 fully saturated rings. The van der Waals surface area contributed by atoms with Crippen LogP contribution in [0.5, 0.6) is 5.75 Å². The van der Waals surface area contributed by atoms with Gasteiger partial charge in [-0.25, -0.2) is 0 Å². The van der Waals surface area contributed by atoms with E-state index in [0.717, 1.165) is 43.9 Å². The fourth-order valence-electron chi connectivity index (χ4n) is 3.06. The summed E-state index contributed by atoms with van der Waals surface area (Å²) in [6.07, 6.45) is 4.49. The summed E-state index contributed by atoms with van der Waals surface area (Å²) in [5.74, 6) is 1.58. The Bertz CT molecular complexity index is 410. The quantitative estimate of drug-likeness (QED) is 0.720. The highest BCUT2D eigenvalue weighted by molar-refractivity contribution is 5.32. The molecule has 4 nitrogen and oxygen atoms in total. The van der Waals surface area contributed by atoms with Gasteiger partial charge >= 0.3 is 0 Å². The highest BCUT2D eigenvalue weighted by Gasteiger charge is 2.18. The zero-order chi connectivity index (χ0) is 14.9. The highest BCUT2D eigenvalue weighted by Crippen LogP contribution is 2.20.